The SMILES string of the molecule is COc1ccc(F)cc1C(=O)CC1(N)CCCC1. The minimum absolute atomic E-state index is 0.143. The van der Waals surface area contributed by atoms with E-state index in [9.17, 15) is 9.18 Å². The number of carbonyl (C=O) groups is 1. The van der Waals surface area contributed by atoms with Crippen molar-refractivity contribution in [2.24, 2.45) is 5.73 Å². The largest absolute Gasteiger partial charge is 0.496 e. The zero-order valence-electron chi connectivity index (χ0n) is 10.5. The lowest BCUT2D eigenvalue weighted by molar-refractivity contribution is 0.0949. The fraction of sp³-hybridized carbons (Fsp3) is 0.500. The molecule has 0 aromatic heterocycles. The molecule has 1 aliphatic rings. The molecule has 2 N–H and O–H groups in total. The van der Waals surface area contributed by atoms with Gasteiger partial charge in [0, 0.05) is 12.0 Å². The molecule has 0 radical (unpaired) electrons. The van der Waals surface area contributed by atoms with E-state index in [-0.39, 0.29) is 17.8 Å². The molecule has 18 heavy (non-hydrogen) atoms. The highest BCUT2D eigenvalue weighted by Gasteiger charge is 2.32. The molecule has 0 saturated heterocycles. The molecule has 1 aromatic rings. The van der Waals surface area contributed by atoms with Crippen molar-refractivity contribution in [1.29, 1.82) is 0 Å². The fourth-order valence-electron chi connectivity index (χ4n) is 2.57. The van der Waals surface area contributed by atoms with Crippen molar-refractivity contribution in [3.8, 4) is 5.75 Å². The van der Waals surface area contributed by atoms with Crippen molar-refractivity contribution in [2.45, 2.75) is 37.6 Å². The number of carbonyl (C=O) groups excluding carboxylic acids is 1. The second-order valence-electron chi connectivity index (χ2n) is 5.01. The van der Waals surface area contributed by atoms with Gasteiger partial charge in [0.1, 0.15) is 11.6 Å². The Morgan fingerprint density at radius 3 is 2.72 bits per heavy atom. The highest BCUT2D eigenvalue weighted by molar-refractivity contribution is 5.99. The molecule has 98 valence electrons. The van der Waals surface area contributed by atoms with Crippen molar-refractivity contribution in [3.05, 3.63) is 29.6 Å². The van der Waals surface area contributed by atoms with E-state index in [2.05, 4.69) is 0 Å². The third-order valence-electron chi connectivity index (χ3n) is 3.57. The highest BCUT2D eigenvalue weighted by atomic mass is 19.1. The molecule has 0 spiro atoms. The Kier molecular flexibility index (Phi) is 3.66. The summed E-state index contributed by atoms with van der Waals surface area (Å²) in [6.07, 6.45) is 4.09. The number of hydrogen-bond acceptors (Lipinski definition) is 3. The summed E-state index contributed by atoms with van der Waals surface area (Å²) in [4.78, 5) is 12.2. The summed E-state index contributed by atoms with van der Waals surface area (Å²) in [6.45, 7) is 0. The Morgan fingerprint density at radius 2 is 2.11 bits per heavy atom. The van der Waals surface area contributed by atoms with Gasteiger partial charge in [-0.2, -0.15) is 0 Å². The minimum Gasteiger partial charge on any atom is -0.496 e. The van der Waals surface area contributed by atoms with Gasteiger partial charge in [-0.1, -0.05) is 12.8 Å². The van der Waals surface area contributed by atoms with Crippen molar-refractivity contribution in [3.63, 3.8) is 0 Å². The standard InChI is InChI=1S/C14H18FNO2/c1-18-13-5-4-10(15)8-11(13)12(17)9-14(16)6-2-3-7-14/h4-5,8H,2-3,6-7,9,16H2,1H3. The van der Waals surface area contributed by atoms with Crippen LogP contribution in [0.15, 0.2) is 18.2 Å². The van der Waals surface area contributed by atoms with Gasteiger partial charge in [0.05, 0.1) is 12.7 Å². The smallest absolute Gasteiger partial charge is 0.168 e. The molecular formula is C14H18FNO2. The van der Waals surface area contributed by atoms with Crippen molar-refractivity contribution >= 4 is 5.78 Å². The summed E-state index contributed by atoms with van der Waals surface area (Å²) < 4.78 is 18.3. The van der Waals surface area contributed by atoms with E-state index >= 15 is 0 Å². The van der Waals surface area contributed by atoms with Crippen LogP contribution in [-0.2, 0) is 0 Å². The van der Waals surface area contributed by atoms with Crippen LogP contribution in [0, 0.1) is 5.82 Å². The van der Waals surface area contributed by atoms with Gasteiger partial charge in [0.25, 0.3) is 0 Å². The van der Waals surface area contributed by atoms with E-state index in [1.165, 1.54) is 25.3 Å². The van der Waals surface area contributed by atoms with Gasteiger partial charge in [-0.15, -0.1) is 0 Å². The van der Waals surface area contributed by atoms with E-state index in [1.807, 2.05) is 0 Å². The van der Waals surface area contributed by atoms with Gasteiger partial charge in [0.15, 0.2) is 5.78 Å². The van der Waals surface area contributed by atoms with Crippen LogP contribution in [0.2, 0.25) is 0 Å². The number of rotatable bonds is 4. The number of halogens is 1. The molecule has 1 aromatic carbocycles. The molecular weight excluding hydrogens is 233 g/mol. The maximum absolute atomic E-state index is 13.2. The Hall–Kier alpha value is -1.42. The van der Waals surface area contributed by atoms with E-state index in [1.54, 1.807) is 0 Å². The zero-order valence-corrected chi connectivity index (χ0v) is 10.5. The van der Waals surface area contributed by atoms with E-state index in [0.717, 1.165) is 25.7 Å². The van der Waals surface area contributed by atoms with E-state index in [4.69, 9.17) is 10.5 Å². The average molecular weight is 251 g/mol. The van der Waals surface area contributed by atoms with Crippen LogP contribution in [0.25, 0.3) is 0 Å². The van der Waals surface area contributed by atoms with Crippen LogP contribution in [0.1, 0.15) is 42.5 Å². The van der Waals surface area contributed by atoms with Gasteiger partial charge in [-0.05, 0) is 31.0 Å². The summed E-state index contributed by atoms with van der Waals surface area (Å²) in [6, 6.07) is 3.98. The zero-order chi connectivity index (χ0) is 13.2. The first kappa shape index (κ1) is 13.0. The predicted molar refractivity (Wildman–Crippen MR) is 67.3 cm³/mol. The number of ether oxygens (including phenoxy) is 1. The predicted octanol–water partition coefficient (Wildman–Crippen LogP) is 2.68. The lowest BCUT2D eigenvalue weighted by Crippen LogP contribution is -2.38. The number of methoxy groups -OCH3 is 1. The molecule has 0 unspecified atom stereocenters. The van der Waals surface area contributed by atoms with Crippen molar-refractivity contribution in [2.75, 3.05) is 7.11 Å². The molecule has 0 atom stereocenters. The molecule has 0 aliphatic heterocycles. The van der Waals surface area contributed by atoms with E-state index in [0.29, 0.717) is 5.75 Å². The average Bonchev–Trinajstić information content (AvgIpc) is 2.75. The Bertz CT molecular complexity index is 453. The summed E-state index contributed by atoms with van der Waals surface area (Å²) >= 11 is 0. The fourth-order valence-corrected chi connectivity index (χ4v) is 2.57. The van der Waals surface area contributed by atoms with Gasteiger partial charge in [0.2, 0.25) is 0 Å². The normalized spacial score (nSPS) is 17.7. The van der Waals surface area contributed by atoms with E-state index < -0.39 is 11.4 Å². The van der Waals surface area contributed by atoms with Crippen molar-refractivity contribution in [1.82, 2.24) is 0 Å². The molecule has 4 heteroatoms. The van der Waals surface area contributed by atoms with Gasteiger partial charge in [-0.25, -0.2) is 4.39 Å². The number of benzene rings is 1. The summed E-state index contributed by atoms with van der Waals surface area (Å²) in [5.41, 5.74) is 6.04. The maximum Gasteiger partial charge on any atom is 0.168 e. The maximum atomic E-state index is 13.2. The number of hydrogen-bond donors (Lipinski definition) is 1. The molecule has 1 fully saturated rings. The summed E-state index contributed by atoms with van der Waals surface area (Å²) in [5.74, 6) is -0.171. The first-order valence-corrected chi connectivity index (χ1v) is 6.20. The molecule has 1 saturated carbocycles. The minimum atomic E-state index is -0.434. The highest BCUT2D eigenvalue weighted by Crippen LogP contribution is 2.32. The van der Waals surface area contributed by atoms with Gasteiger partial charge in [-0.3, -0.25) is 4.79 Å². The Morgan fingerprint density at radius 1 is 1.44 bits per heavy atom. The lowest BCUT2D eigenvalue weighted by atomic mass is 9.89. The third kappa shape index (κ3) is 2.70. The Labute approximate surface area is 106 Å². The first-order chi connectivity index (χ1) is 8.54. The second kappa shape index (κ2) is 5.06. The van der Waals surface area contributed by atoms with Crippen LogP contribution >= 0.6 is 0 Å². The quantitative estimate of drug-likeness (QED) is 0.837. The number of nitrogens with two attached hydrogens (primary N) is 1. The van der Waals surface area contributed by atoms with Crippen LogP contribution in [0.5, 0.6) is 5.75 Å². The van der Waals surface area contributed by atoms with Crippen LogP contribution < -0.4 is 10.5 Å². The van der Waals surface area contributed by atoms with Crippen LogP contribution in [-0.4, -0.2) is 18.4 Å². The number of Topliss-reactive ketones (excluding diaryl/α,β-unsaturated/α-hetero) is 1. The molecule has 0 amide bonds. The monoisotopic (exact) mass is 251 g/mol. The molecule has 0 heterocycles. The second-order valence-corrected chi connectivity index (χ2v) is 5.01. The molecule has 0 bridgehead atoms. The summed E-state index contributed by atoms with van der Waals surface area (Å²) in [7, 11) is 1.47. The Balaban J connectivity index is 2.20. The van der Waals surface area contributed by atoms with Gasteiger partial charge < -0.3 is 10.5 Å². The third-order valence-corrected chi connectivity index (χ3v) is 3.57. The lowest BCUT2D eigenvalue weighted by Gasteiger charge is -2.22. The van der Waals surface area contributed by atoms with Crippen LogP contribution in [0.4, 0.5) is 4.39 Å². The van der Waals surface area contributed by atoms with Crippen LogP contribution in [0.3, 0.4) is 0 Å². The molecule has 3 nitrogen and oxygen atoms in total. The topological polar surface area (TPSA) is 52.3 Å². The summed E-state index contributed by atoms with van der Waals surface area (Å²) in [5, 5.41) is 0. The first-order valence-electron chi connectivity index (χ1n) is 6.20. The van der Waals surface area contributed by atoms with Crippen molar-refractivity contribution < 1.29 is 13.9 Å². The number of ketones is 1. The molecule has 2 rings (SSSR count). The molecule has 1 aliphatic carbocycles. The van der Waals surface area contributed by atoms with Gasteiger partial charge >= 0.3 is 0 Å².